The summed E-state index contributed by atoms with van der Waals surface area (Å²) in [6, 6.07) is 19.3. The molecule has 0 saturated carbocycles. The predicted molar refractivity (Wildman–Crippen MR) is 157 cm³/mol. The second kappa shape index (κ2) is 13.6. The third-order valence-electron chi connectivity index (χ3n) is 6.68. The molecule has 2 amide bonds. The smallest absolute Gasteiger partial charge is 0.244 e. The number of sulfonamides is 1. The first-order valence-corrected chi connectivity index (χ1v) is 15.1. The fourth-order valence-electron chi connectivity index (χ4n) is 4.26. The molecule has 40 heavy (non-hydrogen) atoms. The highest BCUT2D eigenvalue weighted by Gasteiger charge is 2.33. The van der Waals surface area contributed by atoms with E-state index in [0.29, 0.717) is 17.8 Å². The first-order valence-electron chi connectivity index (χ1n) is 13.3. The molecule has 0 aliphatic heterocycles. The van der Waals surface area contributed by atoms with Crippen molar-refractivity contribution in [1.29, 1.82) is 0 Å². The van der Waals surface area contributed by atoms with Crippen LogP contribution in [0.5, 0.6) is 0 Å². The molecule has 3 aromatic rings. The van der Waals surface area contributed by atoms with E-state index >= 15 is 0 Å². The van der Waals surface area contributed by atoms with Gasteiger partial charge < -0.3 is 10.2 Å². The van der Waals surface area contributed by atoms with E-state index in [2.05, 4.69) is 5.32 Å². The highest BCUT2D eigenvalue weighted by Crippen LogP contribution is 2.23. The van der Waals surface area contributed by atoms with E-state index in [-0.39, 0.29) is 24.8 Å². The van der Waals surface area contributed by atoms with E-state index < -0.39 is 34.3 Å². The molecule has 3 aromatic carbocycles. The number of carbonyl (C=O) groups is 2. The third-order valence-corrected chi connectivity index (χ3v) is 7.82. The number of amides is 2. The fraction of sp³-hybridized carbons (Fsp3) is 0.355. The summed E-state index contributed by atoms with van der Waals surface area (Å²) in [5.41, 5.74) is 3.70. The van der Waals surface area contributed by atoms with Crippen molar-refractivity contribution < 1.29 is 22.4 Å². The maximum atomic E-state index is 14.0. The van der Waals surface area contributed by atoms with Gasteiger partial charge in [-0.2, -0.15) is 0 Å². The van der Waals surface area contributed by atoms with Gasteiger partial charge in [-0.1, -0.05) is 62.4 Å². The van der Waals surface area contributed by atoms with Crippen molar-refractivity contribution >= 4 is 27.5 Å². The minimum absolute atomic E-state index is 0.00373. The Morgan fingerprint density at radius 2 is 1.55 bits per heavy atom. The number of hydrogen-bond acceptors (Lipinski definition) is 4. The highest BCUT2D eigenvalue weighted by molar-refractivity contribution is 7.92. The van der Waals surface area contributed by atoms with Gasteiger partial charge in [0.05, 0.1) is 11.9 Å². The van der Waals surface area contributed by atoms with E-state index in [0.717, 1.165) is 27.3 Å². The lowest BCUT2D eigenvalue weighted by Gasteiger charge is -2.33. The van der Waals surface area contributed by atoms with Gasteiger partial charge in [0, 0.05) is 19.5 Å². The summed E-state index contributed by atoms with van der Waals surface area (Å²) in [6.07, 6.45) is 1.27. The SMILES string of the molecule is Cc1ccc(N(CC(=O)N(Cc2ccc(F)cc2)[C@H](Cc2ccccc2)C(=O)NCC(C)C)S(C)(=O)=O)cc1C. The lowest BCUT2D eigenvalue weighted by atomic mass is 10.0. The number of carbonyl (C=O) groups excluding carboxylic acids is 2. The Morgan fingerprint density at radius 3 is 2.12 bits per heavy atom. The van der Waals surface area contributed by atoms with Gasteiger partial charge >= 0.3 is 0 Å². The average molecular weight is 568 g/mol. The molecule has 9 heteroatoms. The Balaban J connectivity index is 2.05. The Hall–Kier alpha value is -3.72. The van der Waals surface area contributed by atoms with E-state index in [1.807, 2.05) is 58.0 Å². The Kier molecular flexibility index (Phi) is 10.5. The standard InChI is InChI=1S/C31H38FN3O4S/c1-22(2)19-33-31(37)29(18-25-9-7-6-8-10-25)34(20-26-12-14-27(32)15-13-26)30(36)21-35(40(5,38)39)28-16-11-23(3)24(4)17-28/h6-17,22,29H,18-21H2,1-5H3,(H,33,37)/t29-/m1/s1. The van der Waals surface area contributed by atoms with Crippen LogP contribution in [0.1, 0.15) is 36.1 Å². The largest absolute Gasteiger partial charge is 0.354 e. The Bertz CT molecular complexity index is 1410. The topological polar surface area (TPSA) is 86.8 Å². The first-order chi connectivity index (χ1) is 18.8. The molecule has 7 nitrogen and oxygen atoms in total. The van der Waals surface area contributed by atoms with Crippen LogP contribution in [0, 0.1) is 25.6 Å². The van der Waals surface area contributed by atoms with Crippen LogP contribution in [-0.4, -0.2) is 50.5 Å². The summed E-state index contributed by atoms with van der Waals surface area (Å²) in [6.45, 7) is 7.66. The molecule has 214 valence electrons. The molecule has 0 saturated heterocycles. The summed E-state index contributed by atoms with van der Waals surface area (Å²) < 4.78 is 40.5. The molecule has 0 radical (unpaired) electrons. The lowest BCUT2D eigenvalue weighted by molar-refractivity contribution is -0.140. The van der Waals surface area contributed by atoms with Crippen LogP contribution in [0.15, 0.2) is 72.8 Å². The molecule has 0 spiro atoms. The van der Waals surface area contributed by atoms with Gasteiger partial charge in [-0.15, -0.1) is 0 Å². The number of benzene rings is 3. The number of nitrogens with zero attached hydrogens (tertiary/aromatic N) is 2. The molecule has 0 unspecified atom stereocenters. The van der Waals surface area contributed by atoms with E-state index in [1.54, 1.807) is 30.3 Å². The molecular weight excluding hydrogens is 529 g/mol. The summed E-state index contributed by atoms with van der Waals surface area (Å²) in [5.74, 6) is -1.12. The molecule has 0 bridgehead atoms. The minimum Gasteiger partial charge on any atom is -0.354 e. The number of halogens is 1. The maximum absolute atomic E-state index is 14.0. The Morgan fingerprint density at radius 1 is 0.900 bits per heavy atom. The van der Waals surface area contributed by atoms with Gasteiger partial charge in [-0.3, -0.25) is 13.9 Å². The summed E-state index contributed by atoms with van der Waals surface area (Å²) in [5, 5.41) is 2.94. The monoisotopic (exact) mass is 567 g/mol. The van der Waals surface area contributed by atoms with Crippen molar-refractivity contribution in [3.63, 3.8) is 0 Å². The number of aryl methyl sites for hydroxylation is 2. The van der Waals surface area contributed by atoms with E-state index in [1.165, 1.54) is 17.0 Å². The molecule has 0 aliphatic rings. The number of rotatable bonds is 12. The average Bonchev–Trinajstić information content (AvgIpc) is 2.90. The molecule has 1 N–H and O–H groups in total. The maximum Gasteiger partial charge on any atom is 0.244 e. The number of hydrogen-bond donors (Lipinski definition) is 1. The van der Waals surface area contributed by atoms with Crippen molar-refractivity contribution in [2.24, 2.45) is 5.92 Å². The first kappa shape index (κ1) is 30.8. The van der Waals surface area contributed by atoms with Gasteiger partial charge in [0.1, 0.15) is 18.4 Å². The minimum atomic E-state index is -3.85. The van der Waals surface area contributed by atoms with Gasteiger partial charge in [0.25, 0.3) is 0 Å². The summed E-state index contributed by atoms with van der Waals surface area (Å²) in [7, 11) is -3.85. The van der Waals surface area contributed by atoms with Crippen molar-refractivity contribution in [2.75, 3.05) is 23.7 Å². The van der Waals surface area contributed by atoms with Crippen LogP contribution in [0.25, 0.3) is 0 Å². The highest BCUT2D eigenvalue weighted by atomic mass is 32.2. The van der Waals surface area contributed by atoms with E-state index in [9.17, 15) is 22.4 Å². The van der Waals surface area contributed by atoms with Gasteiger partial charge in [-0.25, -0.2) is 12.8 Å². The summed E-state index contributed by atoms with van der Waals surface area (Å²) in [4.78, 5) is 29.0. The van der Waals surface area contributed by atoms with Crippen LogP contribution < -0.4 is 9.62 Å². The van der Waals surface area contributed by atoms with E-state index in [4.69, 9.17) is 0 Å². The molecule has 0 aliphatic carbocycles. The molecule has 1 atom stereocenters. The zero-order chi connectivity index (χ0) is 29.4. The summed E-state index contributed by atoms with van der Waals surface area (Å²) >= 11 is 0. The number of nitrogens with one attached hydrogen (secondary N) is 1. The Labute approximate surface area is 237 Å². The quantitative estimate of drug-likeness (QED) is 0.346. The van der Waals surface area contributed by atoms with Crippen LogP contribution in [0.3, 0.4) is 0 Å². The van der Waals surface area contributed by atoms with Gasteiger partial charge in [0.2, 0.25) is 21.8 Å². The molecule has 3 rings (SSSR count). The fourth-order valence-corrected chi connectivity index (χ4v) is 5.10. The normalized spacial score (nSPS) is 12.2. The number of anilines is 1. The van der Waals surface area contributed by atoms with Crippen molar-refractivity contribution in [3.8, 4) is 0 Å². The van der Waals surface area contributed by atoms with Crippen molar-refractivity contribution in [2.45, 2.75) is 46.7 Å². The molecular formula is C31H38FN3O4S. The van der Waals surface area contributed by atoms with Crippen molar-refractivity contribution in [1.82, 2.24) is 10.2 Å². The van der Waals surface area contributed by atoms with Crippen LogP contribution in [-0.2, 0) is 32.6 Å². The van der Waals surface area contributed by atoms with Crippen molar-refractivity contribution in [3.05, 3.63) is 101 Å². The molecule has 0 aromatic heterocycles. The van der Waals surface area contributed by atoms with Crippen LogP contribution in [0.4, 0.5) is 10.1 Å². The van der Waals surface area contributed by atoms with Gasteiger partial charge in [0.15, 0.2) is 0 Å². The van der Waals surface area contributed by atoms with Crippen LogP contribution in [0.2, 0.25) is 0 Å². The lowest BCUT2D eigenvalue weighted by Crippen LogP contribution is -2.53. The zero-order valence-corrected chi connectivity index (χ0v) is 24.5. The second-order valence-electron chi connectivity index (χ2n) is 10.5. The third kappa shape index (κ3) is 8.64. The second-order valence-corrected chi connectivity index (χ2v) is 12.4. The van der Waals surface area contributed by atoms with Crippen LogP contribution >= 0.6 is 0 Å². The molecule has 0 fully saturated rings. The van der Waals surface area contributed by atoms with Gasteiger partial charge in [-0.05, 0) is 66.3 Å². The molecule has 0 heterocycles. The zero-order valence-electron chi connectivity index (χ0n) is 23.7. The predicted octanol–water partition coefficient (Wildman–Crippen LogP) is 4.62.